The van der Waals surface area contributed by atoms with E-state index in [-0.39, 0.29) is 18.6 Å². The lowest BCUT2D eigenvalue weighted by atomic mass is 10.0. The summed E-state index contributed by atoms with van der Waals surface area (Å²) in [6, 6.07) is -0.0755. The molecule has 1 aliphatic heterocycles. The molecule has 1 aliphatic rings. The third-order valence-electron chi connectivity index (χ3n) is 2.83. The van der Waals surface area contributed by atoms with Crippen molar-refractivity contribution in [2.45, 2.75) is 31.4 Å². The molecule has 0 aromatic carbocycles. The SMILES string of the molecule is COCC(O)CN(C)C(=O)[C@H]1CCCCN1. The van der Waals surface area contributed by atoms with E-state index in [4.69, 9.17) is 4.74 Å². The molecule has 5 nitrogen and oxygen atoms in total. The molecule has 1 unspecified atom stereocenters. The van der Waals surface area contributed by atoms with Crippen molar-refractivity contribution in [2.75, 3.05) is 33.9 Å². The second-order valence-corrected chi connectivity index (χ2v) is 4.33. The van der Waals surface area contributed by atoms with Gasteiger partial charge in [0.05, 0.1) is 18.8 Å². The fourth-order valence-corrected chi connectivity index (χ4v) is 1.98. The van der Waals surface area contributed by atoms with Gasteiger partial charge in [0.15, 0.2) is 0 Å². The maximum atomic E-state index is 11.9. The highest BCUT2D eigenvalue weighted by atomic mass is 16.5. The van der Waals surface area contributed by atoms with Crippen LogP contribution in [-0.4, -0.2) is 61.9 Å². The molecule has 0 spiro atoms. The maximum absolute atomic E-state index is 11.9. The Balaban J connectivity index is 2.34. The van der Waals surface area contributed by atoms with Gasteiger partial charge in [-0.25, -0.2) is 0 Å². The van der Waals surface area contributed by atoms with Gasteiger partial charge in [0.1, 0.15) is 0 Å². The molecule has 1 amide bonds. The van der Waals surface area contributed by atoms with Crippen LogP contribution in [0.3, 0.4) is 0 Å². The lowest BCUT2D eigenvalue weighted by molar-refractivity contribution is -0.134. The summed E-state index contributed by atoms with van der Waals surface area (Å²) in [5, 5.41) is 12.7. The molecule has 2 N–H and O–H groups in total. The summed E-state index contributed by atoms with van der Waals surface area (Å²) in [6.45, 7) is 1.49. The Morgan fingerprint density at radius 1 is 1.62 bits per heavy atom. The van der Waals surface area contributed by atoms with Crippen molar-refractivity contribution < 1.29 is 14.6 Å². The number of aliphatic hydroxyl groups is 1. The maximum Gasteiger partial charge on any atom is 0.239 e. The molecule has 0 aromatic heterocycles. The van der Waals surface area contributed by atoms with Crippen molar-refractivity contribution in [2.24, 2.45) is 0 Å². The summed E-state index contributed by atoms with van der Waals surface area (Å²) in [6.07, 6.45) is 2.52. The summed E-state index contributed by atoms with van der Waals surface area (Å²) in [4.78, 5) is 13.5. The Kier molecular flexibility index (Phi) is 5.73. The van der Waals surface area contributed by atoms with Crippen LogP contribution in [0.2, 0.25) is 0 Å². The van der Waals surface area contributed by atoms with Gasteiger partial charge in [-0.15, -0.1) is 0 Å². The highest BCUT2D eigenvalue weighted by Crippen LogP contribution is 2.09. The molecule has 0 bridgehead atoms. The number of piperidine rings is 1. The summed E-state index contributed by atoms with van der Waals surface area (Å²) in [5.74, 6) is 0.0647. The van der Waals surface area contributed by atoms with Crippen LogP contribution in [0.1, 0.15) is 19.3 Å². The normalized spacial score (nSPS) is 22.8. The number of methoxy groups -OCH3 is 1. The average molecular weight is 230 g/mol. The number of amides is 1. The summed E-state index contributed by atoms with van der Waals surface area (Å²) in [7, 11) is 3.26. The number of likely N-dealkylation sites (N-methyl/N-ethyl adjacent to an activating group) is 1. The molecule has 5 heteroatoms. The van der Waals surface area contributed by atoms with Crippen molar-refractivity contribution >= 4 is 5.91 Å². The first-order valence-corrected chi connectivity index (χ1v) is 5.80. The molecule has 0 radical (unpaired) electrons. The van der Waals surface area contributed by atoms with Crippen LogP contribution in [0.25, 0.3) is 0 Å². The molecule has 1 heterocycles. The number of carbonyl (C=O) groups excluding carboxylic acids is 1. The van der Waals surface area contributed by atoms with E-state index in [1.165, 1.54) is 7.11 Å². The van der Waals surface area contributed by atoms with E-state index in [1.54, 1.807) is 11.9 Å². The molecular formula is C11H22N2O3. The zero-order chi connectivity index (χ0) is 12.0. The van der Waals surface area contributed by atoms with E-state index in [9.17, 15) is 9.90 Å². The van der Waals surface area contributed by atoms with Crippen molar-refractivity contribution in [1.29, 1.82) is 0 Å². The van der Waals surface area contributed by atoms with E-state index in [2.05, 4.69) is 5.32 Å². The monoisotopic (exact) mass is 230 g/mol. The van der Waals surface area contributed by atoms with Gasteiger partial charge in [0, 0.05) is 20.7 Å². The Labute approximate surface area is 96.8 Å². The highest BCUT2D eigenvalue weighted by Gasteiger charge is 2.24. The summed E-state index contributed by atoms with van der Waals surface area (Å²) < 4.78 is 4.83. The molecule has 2 atom stereocenters. The van der Waals surface area contributed by atoms with E-state index < -0.39 is 6.10 Å². The quantitative estimate of drug-likeness (QED) is 0.674. The molecular weight excluding hydrogens is 208 g/mol. The van der Waals surface area contributed by atoms with Crippen LogP contribution in [0.15, 0.2) is 0 Å². The highest BCUT2D eigenvalue weighted by molar-refractivity contribution is 5.81. The molecule has 1 rings (SSSR count). The largest absolute Gasteiger partial charge is 0.389 e. The van der Waals surface area contributed by atoms with E-state index >= 15 is 0 Å². The van der Waals surface area contributed by atoms with Gasteiger partial charge in [0.2, 0.25) is 5.91 Å². The van der Waals surface area contributed by atoms with E-state index in [0.717, 1.165) is 25.8 Å². The standard InChI is InChI=1S/C11H22N2O3/c1-13(7-9(14)8-16-2)11(15)10-5-3-4-6-12-10/h9-10,12,14H,3-8H2,1-2H3/t9?,10-/m1/s1. The van der Waals surface area contributed by atoms with Gasteiger partial charge >= 0.3 is 0 Å². The lowest BCUT2D eigenvalue weighted by Crippen LogP contribution is -2.49. The molecule has 0 saturated carbocycles. The van der Waals surface area contributed by atoms with Gasteiger partial charge in [-0.3, -0.25) is 4.79 Å². The molecule has 0 aliphatic carbocycles. The number of rotatable bonds is 5. The second-order valence-electron chi connectivity index (χ2n) is 4.33. The van der Waals surface area contributed by atoms with Gasteiger partial charge < -0.3 is 20.1 Å². The summed E-state index contributed by atoms with van der Waals surface area (Å²) in [5.41, 5.74) is 0. The predicted octanol–water partition coefficient (Wildman–Crippen LogP) is -0.406. The zero-order valence-corrected chi connectivity index (χ0v) is 10.1. The topological polar surface area (TPSA) is 61.8 Å². The Bertz CT molecular complexity index is 217. The molecule has 16 heavy (non-hydrogen) atoms. The number of nitrogens with one attached hydrogen (secondary N) is 1. The summed E-state index contributed by atoms with van der Waals surface area (Å²) >= 11 is 0. The zero-order valence-electron chi connectivity index (χ0n) is 10.1. The first-order valence-electron chi connectivity index (χ1n) is 5.80. The third kappa shape index (κ3) is 4.08. The smallest absolute Gasteiger partial charge is 0.239 e. The van der Waals surface area contributed by atoms with Crippen molar-refractivity contribution in [3.05, 3.63) is 0 Å². The van der Waals surface area contributed by atoms with Crippen LogP contribution >= 0.6 is 0 Å². The Morgan fingerprint density at radius 2 is 2.38 bits per heavy atom. The lowest BCUT2D eigenvalue weighted by Gasteiger charge is -2.28. The molecule has 1 saturated heterocycles. The van der Waals surface area contributed by atoms with E-state index in [0.29, 0.717) is 6.54 Å². The van der Waals surface area contributed by atoms with Crippen molar-refractivity contribution in [3.63, 3.8) is 0 Å². The fourth-order valence-electron chi connectivity index (χ4n) is 1.98. The Morgan fingerprint density at radius 3 is 2.94 bits per heavy atom. The second kappa shape index (κ2) is 6.83. The van der Waals surface area contributed by atoms with Crippen LogP contribution in [-0.2, 0) is 9.53 Å². The third-order valence-corrected chi connectivity index (χ3v) is 2.83. The number of hydrogen-bond acceptors (Lipinski definition) is 4. The van der Waals surface area contributed by atoms with Crippen LogP contribution in [0.5, 0.6) is 0 Å². The minimum absolute atomic E-state index is 0.0647. The van der Waals surface area contributed by atoms with Crippen molar-refractivity contribution in [3.8, 4) is 0 Å². The van der Waals surface area contributed by atoms with Gasteiger partial charge in [-0.05, 0) is 19.4 Å². The van der Waals surface area contributed by atoms with Gasteiger partial charge in [-0.2, -0.15) is 0 Å². The molecule has 1 fully saturated rings. The minimum Gasteiger partial charge on any atom is -0.389 e. The fraction of sp³-hybridized carbons (Fsp3) is 0.909. The number of ether oxygens (including phenoxy) is 1. The predicted molar refractivity (Wildman–Crippen MR) is 61.2 cm³/mol. The number of aliphatic hydroxyl groups excluding tert-OH is 1. The van der Waals surface area contributed by atoms with Crippen LogP contribution < -0.4 is 5.32 Å². The number of hydrogen-bond donors (Lipinski definition) is 2. The van der Waals surface area contributed by atoms with E-state index in [1.807, 2.05) is 0 Å². The average Bonchev–Trinajstić information content (AvgIpc) is 2.29. The van der Waals surface area contributed by atoms with Crippen LogP contribution in [0, 0.1) is 0 Å². The first-order chi connectivity index (χ1) is 7.65. The molecule has 94 valence electrons. The van der Waals surface area contributed by atoms with Crippen LogP contribution in [0.4, 0.5) is 0 Å². The van der Waals surface area contributed by atoms with Gasteiger partial charge in [-0.1, -0.05) is 6.42 Å². The van der Waals surface area contributed by atoms with Crippen molar-refractivity contribution in [1.82, 2.24) is 10.2 Å². The number of nitrogens with zero attached hydrogens (tertiary/aromatic N) is 1. The first kappa shape index (κ1) is 13.4. The Hall–Kier alpha value is -0.650. The molecule has 0 aromatic rings. The van der Waals surface area contributed by atoms with Gasteiger partial charge in [0.25, 0.3) is 0 Å². The number of carbonyl (C=O) groups is 1. The minimum atomic E-state index is -0.609.